The third-order valence-corrected chi connectivity index (χ3v) is 5.15. The number of halogens is 2. The second-order valence-corrected chi connectivity index (χ2v) is 6.59. The lowest BCUT2D eigenvalue weighted by molar-refractivity contribution is -0.136. The molecule has 3 rings (SSSR count). The molecule has 22 heavy (non-hydrogen) atoms. The molecule has 0 amide bonds. The van der Waals surface area contributed by atoms with Gasteiger partial charge in [-0.3, -0.25) is 4.79 Å². The molecule has 1 aliphatic rings. The van der Waals surface area contributed by atoms with Crippen molar-refractivity contribution in [3.05, 3.63) is 27.3 Å². The van der Waals surface area contributed by atoms with Gasteiger partial charge >= 0.3 is 5.97 Å². The van der Waals surface area contributed by atoms with E-state index in [1.165, 1.54) is 0 Å². The minimum atomic E-state index is -0.839. The average Bonchev–Trinajstić information content (AvgIpc) is 2.91. The van der Waals surface area contributed by atoms with Crippen LogP contribution >= 0.6 is 27.5 Å². The van der Waals surface area contributed by atoms with Crippen LogP contribution in [0.25, 0.3) is 10.9 Å². The van der Waals surface area contributed by atoms with Crippen molar-refractivity contribution in [2.75, 3.05) is 6.61 Å². The zero-order chi connectivity index (χ0) is 15.7. The summed E-state index contributed by atoms with van der Waals surface area (Å²) < 4.78 is 8.47. The highest BCUT2D eigenvalue weighted by Gasteiger charge is 2.21. The fourth-order valence-electron chi connectivity index (χ4n) is 2.77. The van der Waals surface area contributed by atoms with Crippen molar-refractivity contribution in [1.82, 2.24) is 9.78 Å². The summed E-state index contributed by atoms with van der Waals surface area (Å²) in [5.41, 5.74) is 1.71. The number of carboxylic acids is 1. The van der Waals surface area contributed by atoms with Gasteiger partial charge in [0.15, 0.2) is 6.23 Å². The van der Waals surface area contributed by atoms with Gasteiger partial charge in [-0.25, -0.2) is 4.68 Å². The van der Waals surface area contributed by atoms with Gasteiger partial charge in [-0.15, -0.1) is 0 Å². The molecule has 5 nitrogen and oxygen atoms in total. The molecule has 2 aromatic rings. The first-order valence-electron chi connectivity index (χ1n) is 7.25. The Kier molecular flexibility index (Phi) is 4.70. The van der Waals surface area contributed by atoms with Crippen LogP contribution in [0.5, 0.6) is 0 Å². The summed E-state index contributed by atoms with van der Waals surface area (Å²) in [5.74, 6) is -0.839. The number of carbonyl (C=O) groups is 1. The third kappa shape index (κ3) is 3.00. The van der Waals surface area contributed by atoms with Gasteiger partial charge in [0.1, 0.15) is 0 Å². The number of rotatable bonds is 4. The van der Waals surface area contributed by atoms with Gasteiger partial charge in [0, 0.05) is 27.9 Å². The Morgan fingerprint density at radius 1 is 1.55 bits per heavy atom. The van der Waals surface area contributed by atoms with E-state index in [2.05, 4.69) is 21.0 Å². The molecule has 1 aliphatic heterocycles. The van der Waals surface area contributed by atoms with Crippen LogP contribution in [0.3, 0.4) is 0 Å². The Balaban J connectivity index is 2.00. The molecule has 1 fully saturated rings. The standard InChI is InChI=1S/C15H16BrClN2O3/c16-15-9(4-5-14(20)21)11(17)7-12-10(15)8-18-19(12)13-3-1-2-6-22-13/h7-8,13H,1-6H2,(H,20,21). The Morgan fingerprint density at radius 3 is 3.05 bits per heavy atom. The molecule has 1 N–H and O–H groups in total. The number of nitrogens with zero attached hydrogens (tertiary/aromatic N) is 2. The number of hydrogen-bond donors (Lipinski definition) is 1. The second kappa shape index (κ2) is 6.56. The minimum Gasteiger partial charge on any atom is -0.481 e. The number of ether oxygens (including phenoxy) is 1. The molecule has 1 unspecified atom stereocenters. The smallest absolute Gasteiger partial charge is 0.303 e. The molecule has 1 aromatic heterocycles. The van der Waals surface area contributed by atoms with Crippen molar-refractivity contribution in [1.29, 1.82) is 0 Å². The molecule has 0 radical (unpaired) electrons. The van der Waals surface area contributed by atoms with E-state index in [1.54, 1.807) is 6.20 Å². The molecule has 1 saturated heterocycles. The minimum absolute atomic E-state index is 0.0453. The van der Waals surface area contributed by atoms with Gasteiger partial charge < -0.3 is 9.84 Å². The monoisotopic (exact) mass is 386 g/mol. The lowest BCUT2D eigenvalue weighted by Crippen LogP contribution is -2.19. The summed E-state index contributed by atoms with van der Waals surface area (Å²) in [6.07, 6.45) is 5.29. The first-order chi connectivity index (χ1) is 10.6. The van der Waals surface area contributed by atoms with E-state index in [1.807, 2.05) is 10.7 Å². The molecule has 0 aliphatic carbocycles. The fraction of sp³-hybridized carbons (Fsp3) is 0.467. The zero-order valence-electron chi connectivity index (χ0n) is 11.9. The molecule has 0 spiro atoms. The second-order valence-electron chi connectivity index (χ2n) is 5.39. The van der Waals surface area contributed by atoms with Crippen LogP contribution < -0.4 is 0 Å². The summed E-state index contributed by atoms with van der Waals surface area (Å²) in [7, 11) is 0. The zero-order valence-corrected chi connectivity index (χ0v) is 14.2. The molecular weight excluding hydrogens is 372 g/mol. The molecule has 118 valence electrons. The van der Waals surface area contributed by atoms with Crippen LogP contribution in [0.2, 0.25) is 5.02 Å². The number of fused-ring (bicyclic) bond motifs is 1. The maximum Gasteiger partial charge on any atom is 0.303 e. The van der Waals surface area contributed by atoms with Crippen molar-refractivity contribution < 1.29 is 14.6 Å². The van der Waals surface area contributed by atoms with Crippen LogP contribution in [0.4, 0.5) is 0 Å². The van der Waals surface area contributed by atoms with Gasteiger partial charge in [0.25, 0.3) is 0 Å². The number of aromatic nitrogens is 2. The number of hydrogen-bond acceptors (Lipinski definition) is 3. The van der Waals surface area contributed by atoms with Crippen molar-refractivity contribution in [2.24, 2.45) is 0 Å². The molecule has 7 heteroatoms. The average molecular weight is 388 g/mol. The first kappa shape index (κ1) is 15.8. The maximum atomic E-state index is 10.8. The number of aliphatic carboxylic acids is 1. The van der Waals surface area contributed by atoms with E-state index >= 15 is 0 Å². The lowest BCUT2D eigenvalue weighted by atomic mass is 10.1. The predicted octanol–water partition coefficient (Wildman–Crippen LogP) is 4.17. The molecule has 1 aromatic carbocycles. The van der Waals surface area contributed by atoms with Crippen molar-refractivity contribution in [3.63, 3.8) is 0 Å². The fourth-order valence-corrected chi connectivity index (χ4v) is 3.89. The molecule has 2 heterocycles. The van der Waals surface area contributed by atoms with Crippen LogP contribution in [0.15, 0.2) is 16.7 Å². The van der Waals surface area contributed by atoms with Crippen molar-refractivity contribution in [2.45, 2.75) is 38.3 Å². The van der Waals surface area contributed by atoms with E-state index in [0.29, 0.717) is 11.4 Å². The van der Waals surface area contributed by atoms with Crippen LogP contribution in [0.1, 0.15) is 37.5 Å². The Labute approximate surface area is 141 Å². The third-order valence-electron chi connectivity index (χ3n) is 3.90. The van der Waals surface area contributed by atoms with Gasteiger partial charge in [-0.2, -0.15) is 5.10 Å². The molecular formula is C15H16BrClN2O3. The lowest BCUT2D eigenvalue weighted by Gasteiger charge is -2.23. The summed E-state index contributed by atoms with van der Waals surface area (Å²) >= 11 is 9.90. The normalized spacial score (nSPS) is 18.7. The van der Waals surface area contributed by atoms with E-state index < -0.39 is 5.97 Å². The summed E-state index contributed by atoms with van der Waals surface area (Å²) in [6, 6.07) is 1.85. The highest BCUT2D eigenvalue weighted by Crippen LogP contribution is 2.36. The van der Waals surface area contributed by atoms with Gasteiger partial charge in [0.2, 0.25) is 0 Å². The molecule has 0 bridgehead atoms. The summed E-state index contributed by atoms with van der Waals surface area (Å²) in [5, 5.41) is 14.8. The largest absolute Gasteiger partial charge is 0.481 e. The molecule has 1 atom stereocenters. The van der Waals surface area contributed by atoms with Crippen molar-refractivity contribution in [3.8, 4) is 0 Å². The van der Waals surface area contributed by atoms with E-state index in [4.69, 9.17) is 21.4 Å². The SMILES string of the molecule is O=C(O)CCc1c(Cl)cc2c(cnn2C2CCCCO2)c1Br. The highest BCUT2D eigenvalue weighted by atomic mass is 79.9. The first-order valence-corrected chi connectivity index (χ1v) is 8.42. The van der Waals surface area contributed by atoms with Gasteiger partial charge in [-0.05, 0) is 53.2 Å². The van der Waals surface area contributed by atoms with E-state index in [9.17, 15) is 4.79 Å². The van der Waals surface area contributed by atoms with E-state index in [-0.39, 0.29) is 12.6 Å². The van der Waals surface area contributed by atoms with Crippen LogP contribution in [-0.2, 0) is 16.0 Å². The predicted molar refractivity (Wildman–Crippen MR) is 87.2 cm³/mol. The number of carboxylic acid groups (broad SMARTS) is 1. The molecule has 0 saturated carbocycles. The summed E-state index contributed by atoms with van der Waals surface area (Å²) in [4.78, 5) is 10.8. The van der Waals surface area contributed by atoms with Crippen LogP contribution in [-0.4, -0.2) is 27.5 Å². The highest BCUT2D eigenvalue weighted by molar-refractivity contribution is 9.10. The Hall–Kier alpha value is -1.11. The van der Waals surface area contributed by atoms with Gasteiger partial charge in [-0.1, -0.05) is 11.6 Å². The summed E-state index contributed by atoms with van der Waals surface area (Å²) in [6.45, 7) is 0.748. The quantitative estimate of drug-likeness (QED) is 0.855. The Bertz CT molecular complexity index is 710. The Morgan fingerprint density at radius 2 is 2.36 bits per heavy atom. The topological polar surface area (TPSA) is 64.3 Å². The van der Waals surface area contributed by atoms with Crippen LogP contribution in [0, 0.1) is 0 Å². The maximum absolute atomic E-state index is 10.8. The van der Waals surface area contributed by atoms with Crippen molar-refractivity contribution >= 4 is 44.4 Å². The van der Waals surface area contributed by atoms with E-state index in [0.717, 1.165) is 46.8 Å². The number of benzene rings is 1. The van der Waals surface area contributed by atoms with Gasteiger partial charge in [0.05, 0.1) is 11.7 Å².